The van der Waals surface area contributed by atoms with Crippen molar-refractivity contribution in [3.8, 4) is 11.5 Å². The van der Waals surface area contributed by atoms with Crippen LogP contribution < -0.4 is 19.7 Å². The maximum Gasteiger partial charge on any atom is 0.262 e. The normalized spacial score (nSPS) is 13.0. The molecule has 1 N–H and O–H groups in total. The number of carbonyl (C=O) groups is 1. The van der Waals surface area contributed by atoms with Gasteiger partial charge in [0, 0.05) is 18.8 Å². The second-order valence-corrected chi connectivity index (χ2v) is 7.62. The van der Waals surface area contributed by atoms with Gasteiger partial charge in [-0.15, -0.1) is 0 Å². The topological polar surface area (TPSA) is 68.6 Å². The number of hydrogen-bond donors (Lipinski definition) is 1. The van der Waals surface area contributed by atoms with Crippen molar-refractivity contribution in [3.05, 3.63) is 78.6 Å². The summed E-state index contributed by atoms with van der Waals surface area (Å²) in [4.78, 5) is 19.5. The molecule has 1 aliphatic heterocycles. The maximum absolute atomic E-state index is 12.5. The second kappa shape index (κ2) is 8.63. The Morgan fingerprint density at radius 3 is 2.69 bits per heavy atom. The molecule has 0 saturated heterocycles. The number of ether oxygens (including phenoxy) is 2. The Morgan fingerprint density at radius 2 is 1.84 bits per heavy atom. The molecule has 1 aliphatic rings. The van der Waals surface area contributed by atoms with Crippen LogP contribution in [0.4, 0.5) is 11.4 Å². The fraction of sp³-hybridized carbons (Fsp3) is 0.200. The molecule has 0 spiro atoms. The van der Waals surface area contributed by atoms with Gasteiger partial charge in [0.25, 0.3) is 5.91 Å². The number of anilines is 2. The van der Waals surface area contributed by atoms with Crippen molar-refractivity contribution in [1.82, 2.24) is 9.55 Å². The smallest absolute Gasteiger partial charge is 0.262 e. The molecule has 0 aliphatic carbocycles. The summed E-state index contributed by atoms with van der Waals surface area (Å²) >= 11 is 0. The molecular weight excluding hydrogens is 404 g/mol. The Balaban J connectivity index is 1.32. The van der Waals surface area contributed by atoms with E-state index in [1.54, 1.807) is 7.11 Å². The summed E-state index contributed by atoms with van der Waals surface area (Å²) in [6.07, 6.45) is 0. The van der Waals surface area contributed by atoms with Crippen LogP contribution in [0.3, 0.4) is 0 Å². The number of nitrogens with zero attached hydrogens (tertiary/aromatic N) is 3. The van der Waals surface area contributed by atoms with Crippen LogP contribution in [0.25, 0.3) is 11.0 Å². The van der Waals surface area contributed by atoms with E-state index in [1.807, 2.05) is 66.7 Å². The third kappa shape index (κ3) is 3.97. The van der Waals surface area contributed by atoms with Crippen molar-refractivity contribution < 1.29 is 14.3 Å². The molecule has 0 fully saturated rings. The van der Waals surface area contributed by atoms with Crippen molar-refractivity contribution in [2.75, 3.05) is 30.5 Å². The highest BCUT2D eigenvalue weighted by Gasteiger charge is 2.21. The molecule has 7 nitrogen and oxygen atoms in total. The molecule has 0 bridgehead atoms. The summed E-state index contributed by atoms with van der Waals surface area (Å²) in [6.45, 7) is 2.33. The first-order valence-corrected chi connectivity index (χ1v) is 10.6. The predicted octanol–water partition coefficient (Wildman–Crippen LogP) is 4.08. The lowest BCUT2D eigenvalue weighted by molar-refractivity contribution is -0.118. The second-order valence-electron chi connectivity index (χ2n) is 7.62. The fourth-order valence-corrected chi connectivity index (χ4v) is 4.03. The fourth-order valence-electron chi connectivity index (χ4n) is 4.03. The molecule has 0 saturated carbocycles. The molecule has 2 heterocycles. The van der Waals surface area contributed by atoms with E-state index in [2.05, 4.69) is 20.9 Å². The Labute approximate surface area is 186 Å². The number of methoxy groups -OCH3 is 1. The van der Waals surface area contributed by atoms with E-state index < -0.39 is 0 Å². The van der Waals surface area contributed by atoms with Gasteiger partial charge in [0.1, 0.15) is 17.3 Å². The van der Waals surface area contributed by atoms with Crippen LogP contribution in [0, 0.1) is 0 Å². The van der Waals surface area contributed by atoms with Gasteiger partial charge >= 0.3 is 0 Å². The number of para-hydroxylation sites is 3. The summed E-state index contributed by atoms with van der Waals surface area (Å²) in [5, 5.41) is 2.92. The number of imidazole rings is 1. The molecule has 5 rings (SSSR count). The minimum atomic E-state index is -0.246. The summed E-state index contributed by atoms with van der Waals surface area (Å²) in [7, 11) is 1.59. The Bertz CT molecular complexity index is 1250. The van der Waals surface area contributed by atoms with Crippen LogP contribution in [0.5, 0.6) is 11.5 Å². The third-order valence-electron chi connectivity index (χ3n) is 5.59. The van der Waals surface area contributed by atoms with Crippen LogP contribution in [0.15, 0.2) is 72.8 Å². The Hall–Kier alpha value is -4.00. The summed E-state index contributed by atoms with van der Waals surface area (Å²) < 4.78 is 13.3. The van der Waals surface area contributed by atoms with E-state index in [1.165, 1.54) is 5.52 Å². The minimum Gasteiger partial charge on any atom is -0.495 e. The quantitative estimate of drug-likeness (QED) is 0.501. The summed E-state index contributed by atoms with van der Waals surface area (Å²) in [5.74, 6) is 2.05. The zero-order chi connectivity index (χ0) is 21.9. The number of hydrogen-bond acceptors (Lipinski definition) is 5. The van der Waals surface area contributed by atoms with Gasteiger partial charge in [-0.2, -0.15) is 0 Å². The van der Waals surface area contributed by atoms with E-state index >= 15 is 0 Å². The first-order chi connectivity index (χ1) is 15.7. The SMILES string of the molecule is COc1ccc(N2CCn3c(nc4ccccc43)C2)cc1NC(=O)COc1ccccc1. The number of amides is 1. The standard InChI is InChI=1S/C25H24N4O3/c1-31-23-12-11-18(15-21(23)27-25(30)17-32-19-7-3-2-4-8-19)28-13-14-29-22-10-6-5-9-20(22)26-24(29)16-28/h2-12,15H,13-14,16-17H2,1H3,(H,27,30). The van der Waals surface area contributed by atoms with E-state index in [0.717, 1.165) is 30.1 Å². The highest BCUT2D eigenvalue weighted by Crippen LogP contribution is 2.32. The van der Waals surface area contributed by atoms with E-state index in [9.17, 15) is 4.79 Å². The largest absolute Gasteiger partial charge is 0.495 e. The van der Waals surface area contributed by atoms with Gasteiger partial charge in [-0.05, 0) is 42.5 Å². The van der Waals surface area contributed by atoms with Gasteiger partial charge in [0.05, 0.1) is 30.4 Å². The van der Waals surface area contributed by atoms with Gasteiger partial charge in [0.2, 0.25) is 0 Å². The van der Waals surface area contributed by atoms with Crippen LogP contribution in [-0.2, 0) is 17.9 Å². The molecule has 0 unspecified atom stereocenters. The monoisotopic (exact) mass is 428 g/mol. The van der Waals surface area contributed by atoms with E-state index in [-0.39, 0.29) is 12.5 Å². The van der Waals surface area contributed by atoms with Gasteiger partial charge in [-0.25, -0.2) is 4.98 Å². The maximum atomic E-state index is 12.5. The van der Waals surface area contributed by atoms with Crippen LogP contribution in [0.1, 0.15) is 5.82 Å². The van der Waals surface area contributed by atoms with E-state index in [4.69, 9.17) is 14.5 Å². The molecule has 1 amide bonds. The molecule has 3 aromatic carbocycles. The number of rotatable bonds is 6. The average Bonchev–Trinajstić information content (AvgIpc) is 3.21. The first kappa shape index (κ1) is 19.9. The molecule has 162 valence electrons. The number of carbonyl (C=O) groups excluding carboxylic acids is 1. The number of nitrogens with one attached hydrogen (secondary N) is 1. The average molecular weight is 428 g/mol. The molecule has 4 aromatic rings. The molecular formula is C25H24N4O3. The molecule has 32 heavy (non-hydrogen) atoms. The Morgan fingerprint density at radius 1 is 1.03 bits per heavy atom. The zero-order valence-corrected chi connectivity index (χ0v) is 17.8. The molecule has 0 atom stereocenters. The van der Waals surface area contributed by atoms with Crippen LogP contribution in [-0.4, -0.2) is 35.7 Å². The summed E-state index contributed by atoms with van der Waals surface area (Å²) in [5.41, 5.74) is 3.81. The number of fused-ring (bicyclic) bond motifs is 3. The number of aromatic nitrogens is 2. The molecule has 7 heteroatoms. The lowest BCUT2D eigenvalue weighted by Crippen LogP contribution is -2.33. The molecule has 0 radical (unpaired) electrons. The molecule has 1 aromatic heterocycles. The Kier molecular flexibility index (Phi) is 5.37. The zero-order valence-electron chi connectivity index (χ0n) is 17.8. The third-order valence-corrected chi connectivity index (χ3v) is 5.59. The van der Waals surface area contributed by atoms with Crippen molar-refractivity contribution >= 4 is 28.3 Å². The highest BCUT2D eigenvalue weighted by atomic mass is 16.5. The van der Waals surface area contributed by atoms with E-state index in [0.29, 0.717) is 23.7 Å². The van der Waals surface area contributed by atoms with Gasteiger partial charge in [-0.3, -0.25) is 4.79 Å². The predicted molar refractivity (Wildman–Crippen MR) is 124 cm³/mol. The van der Waals surface area contributed by atoms with Gasteiger partial charge in [-0.1, -0.05) is 30.3 Å². The minimum absolute atomic E-state index is 0.0782. The van der Waals surface area contributed by atoms with Crippen LogP contribution >= 0.6 is 0 Å². The van der Waals surface area contributed by atoms with Gasteiger partial charge < -0.3 is 24.3 Å². The van der Waals surface area contributed by atoms with Crippen LogP contribution in [0.2, 0.25) is 0 Å². The number of benzene rings is 3. The lowest BCUT2D eigenvalue weighted by Gasteiger charge is -2.30. The van der Waals surface area contributed by atoms with Crippen molar-refractivity contribution in [3.63, 3.8) is 0 Å². The first-order valence-electron chi connectivity index (χ1n) is 10.6. The summed E-state index contributed by atoms with van der Waals surface area (Å²) in [6, 6.07) is 23.3. The lowest BCUT2D eigenvalue weighted by atomic mass is 10.2. The highest BCUT2D eigenvalue weighted by molar-refractivity contribution is 5.94. The van der Waals surface area contributed by atoms with Gasteiger partial charge in [0.15, 0.2) is 6.61 Å². The van der Waals surface area contributed by atoms with Crippen molar-refractivity contribution in [2.45, 2.75) is 13.1 Å². The van der Waals surface area contributed by atoms with Crippen molar-refractivity contribution in [2.24, 2.45) is 0 Å². The van der Waals surface area contributed by atoms with Crippen molar-refractivity contribution in [1.29, 1.82) is 0 Å².